The molecule has 0 saturated heterocycles. The maximum atomic E-state index is 14.2. The summed E-state index contributed by atoms with van der Waals surface area (Å²) in [6.07, 6.45) is 2.24. The molecule has 0 aliphatic carbocycles. The predicted octanol–water partition coefficient (Wildman–Crippen LogP) is 7.11. The molecule has 1 aromatic carbocycles. The van der Waals surface area contributed by atoms with Crippen molar-refractivity contribution in [2.75, 3.05) is 0 Å². The topological polar surface area (TPSA) is 81.9 Å². The average molecular weight is 544 g/mol. The SMILES string of the molecule is CCCC(C)(CCC(=O)c1c(C)nn2c(OCc3c(F)cccc3F)cc(CC)cc12)NC(=O)OC(C)(C)C. The molecule has 0 fully saturated rings. The number of fused-ring (bicyclic) bond motifs is 1. The summed E-state index contributed by atoms with van der Waals surface area (Å²) in [4.78, 5) is 26.0. The minimum Gasteiger partial charge on any atom is -0.473 e. The van der Waals surface area contributed by atoms with Gasteiger partial charge in [-0.3, -0.25) is 4.79 Å². The van der Waals surface area contributed by atoms with Gasteiger partial charge in [-0.15, -0.1) is 0 Å². The zero-order valence-electron chi connectivity index (χ0n) is 23.9. The van der Waals surface area contributed by atoms with Crippen LogP contribution in [-0.2, 0) is 17.8 Å². The number of hydrogen-bond donors (Lipinski definition) is 1. The minimum atomic E-state index is -0.694. The third kappa shape index (κ3) is 7.55. The van der Waals surface area contributed by atoms with Gasteiger partial charge in [0, 0.05) is 18.0 Å². The lowest BCUT2D eigenvalue weighted by Crippen LogP contribution is -2.48. The highest BCUT2D eigenvalue weighted by atomic mass is 19.1. The second-order valence-corrected chi connectivity index (χ2v) is 11.2. The quantitative estimate of drug-likeness (QED) is 0.261. The van der Waals surface area contributed by atoms with Crippen molar-refractivity contribution in [1.82, 2.24) is 14.9 Å². The number of carbonyl (C=O) groups is 2. The number of halogens is 2. The number of aryl methyl sites for hydroxylation is 2. The van der Waals surface area contributed by atoms with Crippen molar-refractivity contribution in [2.45, 2.75) is 98.3 Å². The molecule has 39 heavy (non-hydrogen) atoms. The van der Waals surface area contributed by atoms with Crippen LogP contribution in [0.5, 0.6) is 5.88 Å². The average Bonchev–Trinajstić information content (AvgIpc) is 3.16. The molecule has 0 bridgehead atoms. The van der Waals surface area contributed by atoms with Gasteiger partial charge in [-0.05, 0) is 77.6 Å². The van der Waals surface area contributed by atoms with Crippen LogP contribution in [0.2, 0.25) is 0 Å². The van der Waals surface area contributed by atoms with E-state index in [2.05, 4.69) is 10.4 Å². The first kappa shape index (κ1) is 30.1. The van der Waals surface area contributed by atoms with Crippen molar-refractivity contribution in [1.29, 1.82) is 0 Å². The summed E-state index contributed by atoms with van der Waals surface area (Å²) in [6, 6.07) is 7.30. The van der Waals surface area contributed by atoms with E-state index in [1.165, 1.54) is 22.7 Å². The number of nitrogens with one attached hydrogen (secondary N) is 1. The Hall–Kier alpha value is -3.49. The maximum Gasteiger partial charge on any atom is 0.408 e. The number of amides is 1. The monoisotopic (exact) mass is 543 g/mol. The van der Waals surface area contributed by atoms with Crippen molar-refractivity contribution < 1.29 is 27.8 Å². The van der Waals surface area contributed by atoms with E-state index in [9.17, 15) is 18.4 Å². The van der Waals surface area contributed by atoms with Crippen LogP contribution in [0.4, 0.5) is 13.6 Å². The van der Waals surface area contributed by atoms with Crippen molar-refractivity contribution in [3.63, 3.8) is 0 Å². The van der Waals surface area contributed by atoms with E-state index in [4.69, 9.17) is 9.47 Å². The molecule has 1 atom stereocenters. The molecule has 1 amide bonds. The Morgan fingerprint density at radius 1 is 1.05 bits per heavy atom. The molecule has 1 N–H and O–H groups in total. The molecule has 3 aromatic rings. The number of ether oxygens (including phenoxy) is 2. The van der Waals surface area contributed by atoms with Gasteiger partial charge in [-0.1, -0.05) is 26.3 Å². The molecule has 0 radical (unpaired) electrons. The molecule has 2 heterocycles. The number of hydrogen-bond acceptors (Lipinski definition) is 5. The maximum absolute atomic E-state index is 14.2. The van der Waals surface area contributed by atoms with E-state index in [0.717, 1.165) is 12.0 Å². The predicted molar refractivity (Wildman–Crippen MR) is 146 cm³/mol. The van der Waals surface area contributed by atoms with Crippen LogP contribution in [-0.4, -0.2) is 32.6 Å². The molecule has 1 unspecified atom stereocenters. The standard InChI is InChI=1S/C30H39F2N3O4/c1-8-14-30(7,33-28(37)39-29(4,5)6)15-13-25(36)27-19(3)34-35-24(27)16-20(9-2)17-26(35)38-18-21-22(31)11-10-12-23(21)32/h10-12,16-17H,8-9,13-15,18H2,1-7H3,(H,33,37). The van der Waals surface area contributed by atoms with Gasteiger partial charge >= 0.3 is 6.09 Å². The molecule has 212 valence electrons. The van der Waals surface area contributed by atoms with Crippen molar-refractivity contribution >= 4 is 17.4 Å². The number of benzene rings is 1. The smallest absolute Gasteiger partial charge is 0.408 e. The molecular formula is C30H39F2N3O4. The summed E-state index contributed by atoms with van der Waals surface area (Å²) < 4.78 is 41.1. The Bertz CT molecular complexity index is 1330. The summed E-state index contributed by atoms with van der Waals surface area (Å²) in [5.41, 5.74) is 1.00. The zero-order chi connectivity index (χ0) is 29.0. The molecule has 0 spiro atoms. The van der Waals surface area contributed by atoms with Crippen molar-refractivity contribution in [3.8, 4) is 5.88 Å². The third-order valence-corrected chi connectivity index (χ3v) is 6.56. The third-order valence-electron chi connectivity index (χ3n) is 6.56. The van der Waals surface area contributed by atoms with Crippen LogP contribution in [0.3, 0.4) is 0 Å². The normalized spacial score (nSPS) is 13.3. The van der Waals surface area contributed by atoms with Crippen LogP contribution in [0.25, 0.3) is 5.52 Å². The van der Waals surface area contributed by atoms with E-state index in [1.54, 1.807) is 33.8 Å². The van der Waals surface area contributed by atoms with E-state index in [0.29, 0.717) is 36.0 Å². The van der Waals surface area contributed by atoms with Gasteiger partial charge in [-0.25, -0.2) is 18.1 Å². The number of Topliss-reactive ketones (excluding diaryl/α,β-unsaturated/α-hetero) is 1. The summed E-state index contributed by atoms with van der Waals surface area (Å²) in [5.74, 6) is -1.22. The summed E-state index contributed by atoms with van der Waals surface area (Å²) in [5, 5.41) is 7.49. The van der Waals surface area contributed by atoms with Gasteiger partial charge in [0.15, 0.2) is 5.78 Å². The number of alkyl carbamates (subject to hydrolysis) is 1. The zero-order valence-corrected chi connectivity index (χ0v) is 23.9. The first-order chi connectivity index (χ1) is 18.3. The highest BCUT2D eigenvalue weighted by Crippen LogP contribution is 2.28. The number of aromatic nitrogens is 2. The van der Waals surface area contributed by atoms with Gasteiger partial charge in [0.25, 0.3) is 0 Å². The fourth-order valence-corrected chi connectivity index (χ4v) is 4.62. The first-order valence-electron chi connectivity index (χ1n) is 13.4. The largest absolute Gasteiger partial charge is 0.473 e. The molecule has 0 aliphatic rings. The highest BCUT2D eigenvalue weighted by Gasteiger charge is 2.30. The molecular weight excluding hydrogens is 504 g/mol. The molecule has 0 saturated carbocycles. The Morgan fingerprint density at radius 2 is 1.72 bits per heavy atom. The second kappa shape index (κ2) is 12.1. The van der Waals surface area contributed by atoms with E-state index in [1.807, 2.05) is 26.8 Å². The van der Waals surface area contributed by atoms with E-state index < -0.39 is 28.9 Å². The van der Waals surface area contributed by atoms with E-state index >= 15 is 0 Å². The number of ketones is 1. The Morgan fingerprint density at radius 3 is 2.31 bits per heavy atom. The van der Waals surface area contributed by atoms with Gasteiger partial charge in [0.1, 0.15) is 23.8 Å². The molecule has 7 nitrogen and oxygen atoms in total. The fourth-order valence-electron chi connectivity index (χ4n) is 4.62. The summed E-state index contributed by atoms with van der Waals surface area (Å²) in [7, 11) is 0. The van der Waals surface area contributed by atoms with Crippen LogP contribution >= 0.6 is 0 Å². The van der Waals surface area contributed by atoms with E-state index in [-0.39, 0.29) is 30.3 Å². The highest BCUT2D eigenvalue weighted by molar-refractivity contribution is 6.03. The van der Waals surface area contributed by atoms with Gasteiger partial charge in [0.05, 0.1) is 22.3 Å². The van der Waals surface area contributed by atoms with Gasteiger partial charge in [0.2, 0.25) is 5.88 Å². The number of carbonyl (C=O) groups excluding carboxylic acids is 2. The molecule has 2 aromatic heterocycles. The van der Waals surface area contributed by atoms with Crippen molar-refractivity contribution in [3.05, 3.63) is 64.4 Å². The lowest BCUT2D eigenvalue weighted by Gasteiger charge is -2.32. The number of pyridine rings is 1. The minimum absolute atomic E-state index is 0.116. The van der Waals surface area contributed by atoms with Crippen LogP contribution in [0, 0.1) is 18.6 Å². The lowest BCUT2D eigenvalue weighted by atomic mass is 9.88. The van der Waals surface area contributed by atoms with Crippen LogP contribution in [0.15, 0.2) is 30.3 Å². The number of nitrogens with zero attached hydrogens (tertiary/aromatic N) is 2. The Balaban J connectivity index is 1.87. The molecule has 9 heteroatoms. The first-order valence-corrected chi connectivity index (χ1v) is 13.4. The van der Waals surface area contributed by atoms with Crippen LogP contribution < -0.4 is 10.1 Å². The van der Waals surface area contributed by atoms with Crippen LogP contribution in [0.1, 0.15) is 94.4 Å². The Kier molecular flexibility index (Phi) is 9.35. The second-order valence-electron chi connectivity index (χ2n) is 11.2. The van der Waals surface area contributed by atoms with Crippen molar-refractivity contribution in [2.24, 2.45) is 0 Å². The summed E-state index contributed by atoms with van der Waals surface area (Å²) in [6.45, 7) is 12.7. The molecule has 0 aliphatic heterocycles. The molecule has 3 rings (SSSR count). The Labute approximate surface area is 228 Å². The van der Waals surface area contributed by atoms with Gasteiger partial charge in [-0.2, -0.15) is 5.10 Å². The fraction of sp³-hybridized carbons (Fsp3) is 0.500. The lowest BCUT2D eigenvalue weighted by molar-refractivity contribution is 0.0448. The number of rotatable bonds is 11. The summed E-state index contributed by atoms with van der Waals surface area (Å²) >= 11 is 0. The van der Waals surface area contributed by atoms with Gasteiger partial charge < -0.3 is 14.8 Å².